The summed E-state index contributed by atoms with van der Waals surface area (Å²) in [6.07, 6.45) is 0. The van der Waals surface area contributed by atoms with Crippen LogP contribution in [-0.2, 0) is 14.3 Å². The molecule has 1 aromatic rings. The van der Waals surface area contributed by atoms with Crippen molar-refractivity contribution in [2.75, 3.05) is 33.4 Å². The SMILES string of the molecule is CCNC(=O)CN(CC)C(=O)COC(=O)c1ccc(OC)cc1. The number of hydrogen-bond donors (Lipinski definition) is 1. The lowest BCUT2D eigenvalue weighted by molar-refractivity contribution is -0.138. The highest BCUT2D eigenvalue weighted by atomic mass is 16.5. The molecule has 7 heteroatoms. The van der Waals surface area contributed by atoms with Crippen LogP contribution in [0.1, 0.15) is 24.2 Å². The summed E-state index contributed by atoms with van der Waals surface area (Å²) in [5.41, 5.74) is 0.324. The number of likely N-dealkylation sites (N-methyl/N-ethyl adjacent to an activating group) is 2. The summed E-state index contributed by atoms with van der Waals surface area (Å²) in [5.74, 6) is -0.642. The van der Waals surface area contributed by atoms with Gasteiger partial charge < -0.3 is 19.7 Å². The highest BCUT2D eigenvalue weighted by Crippen LogP contribution is 2.12. The van der Waals surface area contributed by atoms with Gasteiger partial charge in [0.05, 0.1) is 19.2 Å². The maximum absolute atomic E-state index is 12.0. The first-order valence-electron chi connectivity index (χ1n) is 7.37. The second-order valence-corrected chi connectivity index (χ2v) is 4.67. The average Bonchev–Trinajstić information content (AvgIpc) is 2.57. The monoisotopic (exact) mass is 322 g/mol. The normalized spacial score (nSPS) is 9.87. The molecular weight excluding hydrogens is 300 g/mol. The van der Waals surface area contributed by atoms with Gasteiger partial charge in [-0.1, -0.05) is 0 Å². The lowest BCUT2D eigenvalue weighted by atomic mass is 10.2. The van der Waals surface area contributed by atoms with E-state index in [1.807, 2.05) is 0 Å². The smallest absolute Gasteiger partial charge is 0.338 e. The molecule has 0 bridgehead atoms. The van der Waals surface area contributed by atoms with Crippen LogP contribution in [0.5, 0.6) is 5.75 Å². The molecule has 1 aromatic carbocycles. The first kappa shape index (κ1) is 18.5. The van der Waals surface area contributed by atoms with Crippen molar-refractivity contribution in [3.63, 3.8) is 0 Å². The van der Waals surface area contributed by atoms with Gasteiger partial charge in [0.2, 0.25) is 5.91 Å². The predicted molar refractivity (Wildman–Crippen MR) is 84.2 cm³/mol. The molecule has 0 aliphatic heterocycles. The van der Waals surface area contributed by atoms with Crippen LogP contribution >= 0.6 is 0 Å². The number of methoxy groups -OCH3 is 1. The van der Waals surface area contributed by atoms with Crippen LogP contribution in [0.4, 0.5) is 0 Å². The number of nitrogens with one attached hydrogen (secondary N) is 1. The van der Waals surface area contributed by atoms with Gasteiger partial charge in [-0.25, -0.2) is 4.79 Å². The largest absolute Gasteiger partial charge is 0.497 e. The number of ether oxygens (including phenoxy) is 2. The molecule has 0 aliphatic rings. The summed E-state index contributed by atoms with van der Waals surface area (Å²) >= 11 is 0. The average molecular weight is 322 g/mol. The van der Waals surface area contributed by atoms with Gasteiger partial charge >= 0.3 is 5.97 Å². The number of amides is 2. The van der Waals surface area contributed by atoms with Crippen LogP contribution < -0.4 is 10.1 Å². The van der Waals surface area contributed by atoms with Crippen molar-refractivity contribution in [3.8, 4) is 5.75 Å². The molecule has 0 aromatic heterocycles. The third-order valence-corrected chi connectivity index (χ3v) is 3.10. The number of benzene rings is 1. The zero-order valence-electron chi connectivity index (χ0n) is 13.6. The molecule has 126 valence electrons. The van der Waals surface area contributed by atoms with Gasteiger partial charge in [-0.15, -0.1) is 0 Å². The molecule has 23 heavy (non-hydrogen) atoms. The van der Waals surface area contributed by atoms with Crippen LogP contribution in [-0.4, -0.2) is 56.0 Å². The molecule has 0 saturated carbocycles. The van der Waals surface area contributed by atoms with E-state index in [1.54, 1.807) is 38.1 Å². The van der Waals surface area contributed by atoms with Crippen molar-refractivity contribution in [2.45, 2.75) is 13.8 Å². The van der Waals surface area contributed by atoms with Gasteiger partial charge in [-0.2, -0.15) is 0 Å². The van der Waals surface area contributed by atoms with E-state index in [-0.39, 0.29) is 12.5 Å². The molecule has 0 fully saturated rings. The van der Waals surface area contributed by atoms with E-state index in [4.69, 9.17) is 9.47 Å². The maximum Gasteiger partial charge on any atom is 0.338 e. The second kappa shape index (κ2) is 9.45. The summed E-state index contributed by atoms with van der Waals surface area (Å²) < 4.78 is 9.98. The second-order valence-electron chi connectivity index (χ2n) is 4.67. The molecule has 0 atom stereocenters. The van der Waals surface area contributed by atoms with E-state index in [0.29, 0.717) is 24.4 Å². The van der Waals surface area contributed by atoms with Crippen molar-refractivity contribution in [1.82, 2.24) is 10.2 Å². The molecular formula is C16H22N2O5. The summed E-state index contributed by atoms with van der Waals surface area (Å²) in [4.78, 5) is 36.7. The zero-order valence-corrected chi connectivity index (χ0v) is 13.6. The Bertz CT molecular complexity index is 542. The topological polar surface area (TPSA) is 84.9 Å². The quantitative estimate of drug-likeness (QED) is 0.717. The number of esters is 1. The van der Waals surface area contributed by atoms with Gasteiger partial charge in [0.1, 0.15) is 5.75 Å². The number of nitrogens with zero attached hydrogens (tertiary/aromatic N) is 1. The summed E-state index contributed by atoms with van der Waals surface area (Å²) in [7, 11) is 1.53. The van der Waals surface area contributed by atoms with Gasteiger partial charge in [0.25, 0.3) is 5.91 Å². The van der Waals surface area contributed by atoms with Crippen LogP contribution in [0.3, 0.4) is 0 Å². The molecule has 0 heterocycles. The Balaban J connectivity index is 2.52. The minimum absolute atomic E-state index is 0.0523. The fraction of sp³-hybridized carbons (Fsp3) is 0.438. The Labute approximate surface area is 135 Å². The fourth-order valence-electron chi connectivity index (χ4n) is 1.83. The fourth-order valence-corrected chi connectivity index (χ4v) is 1.83. The van der Waals surface area contributed by atoms with E-state index in [1.165, 1.54) is 12.0 Å². The summed E-state index contributed by atoms with van der Waals surface area (Å²) in [5, 5.41) is 2.61. The number of carbonyl (C=O) groups excluding carboxylic acids is 3. The first-order chi connectivity index (χ1) is 11.0. The molecule has 0 unspecified atom stereocenters. The third-order valence-electron chi connectivity index (χ3n) is 3.10. The third kappa shape index (κ3) is 5.98. The molecule has 0 aliphatic carbocycles. The van der Waals surface area contributed by atoms with Crippen LogP contribution in [0.25, 0.3) is 0 Å². The van der Waals surface area contributed by atoms with Crippen molar-refractivity contribution in [2.24, 2.45) is 0 Å². The van der Waals surface area contributed by atoms with Gasteiger partial charge in [0, 0.05) is 13.1 Å². The van der Waals surface area contributed by atoms with Crippen LogP contribution in [0.2, 0.25) is 0 Å². The Morgan fingerprint density at radius 1 is 1.13 bits per heavy atom. The van der Waals surface area contributed by atoms with Crippen LogP contribution in [0, 0.1) is 0 Å². The molecule has 0 saturated heterocycles. The van der Waals surface area contributed by atoms with Gasteiger partial charge in [-0.3, -0.25) is 9.59 Å². The minimum Gasteiger partial charge on any atom is -0.497 e. The molecule has 2 amide bonds. The Morgan fingerprint density at radius 2 is 1.78 bits per heavy atom. The van der Waals surface area contributed by atoms with E-state index < -0.39 is 18.5 Å². The van der Waals surface area contributed by atoms with E-state index in [0.717, 1.165) is 0 Å². The van der Waals surface area contributed by atoms with Gasteiger partial charge in [0.15, 0.2) is 6.61 Å². The minimum atomic E-state index is -0.602. The van der Waals surface area contributed by atoms with Crippen molar-refractivity contribution < 1.29 is 23.9 Å². The molecule has 0 spiro atoms. The van der Waals surface area contributed by atoms with E-state index in [9.17, 15) is 14.4 Å². The highest BCUT2D eigenvalue weighted by Gasteiger charge is 2.17. The zero-order chi connectivity index (χ0) is 17.2. The lowest BCUT2D eigenvalue weighted by Gasteiger charge is -2.20. The van der Waals surface area contributed by atoms with Crippen molar-refractivity contribution in [1.29, 1.82) is 0 Å². The van der Waals surface area contributed by atoms with E-state index >= 15 is 0 Å². The summed E-state index contributed by atoms with van der Waals surface area (Å²) in [6, 6.07) is 6.37. The Hall–Kier alpha value is -2.57. The number of carbonyl (C=O) groups is 3. The molecule has 1 N–H and O–H groups in total. The predicted octanol–water partition coefficient (Wildman–Crippen LogP) is 0.837. The number of rotatable bonds is 8. The van der Waals surface area contributed by atoms with Crippen LogP contribution in [0.15, 0.2) is 24.3 Å². The number of hydrogen-bond acceptors (Lipinski definition) is 5. The molecule has 0 radical (unpaired) electrons. The summed E-state index contributed by atoms with van der Waals surface area (Å²) in [6.45, 7) is 3.95. The maximum atomic E-state index is 12.0. The molecule has 7 nitrogen and oxygen atoms in total. The van der Waals surface area contributed by atoms with Crippen molar-refractivity contribution >= 4 is 17.8 Å². The standard InChI is InChI=1S/C16H22N2O5/c1-4-17-14(19)10-18(5-2)15(20)11-23-16(21)12-6-8-13(22-3)9-7-12/h6-9H,4-5,10-11H2,1-3H3,(H,17,19). The van der Waals surface area contributed by atoms with Gasteiger partial charge in [-0.05, 0) is 38.1 Å². The highest BCUT2D eigenvalue weighted by molar-refractivity contribution is 5.92. The van der Waals surface area contributed by atoms with Crippen molar-refractivity contribution in [3.05, 3.63) is 29.8 Å². The Kier molecular flexibility index (Phi) is 7.59. The first-order valence-corrected chi connectivity index (χ1v) is 7.37. The lowest BCUT2D eigenvalue weighted by Crippen LogP contribution is -2.42. The van der Waals surface area contributed by atoms with E-state index in [2.05, 4.69) is 5.32 Å². The Morgan fingerprint density at radius 3 is 2.30 bits per heavy atom. The molecule has 1 rings (SSSR count).